The summed E-state index contributed by atoms with van der Waals surface area (Å²) in [7, 11) is 0. The van der Waals surface area contributed by atoms with Gasteiger partial charge in [-0.2, -0.15) is 5.10 Å². The van der Waals surface area contributed by atoms with Gasteiger partial charge in [0.25, 0.3) is 5.91 Å². The molecule has 2 heterocycles. The van der Waals surface area contributed by atoms with Crippen molar-refractivity contribution in [3.05, 3.63) is 83.2 Å². The molecule has 0 radical (unpaired) electrons. The van der Waals surface area contributed by atoms with E-state index >= 15 is 0 Å². The molecule has 0 bridgehead atoms. The van der Waals surface area contributed by atoms with Crippen LogP contribution in [0.2, 0.25) is 0 Å². The highest BCUT2D eigenvalue weighted by Crippen LogP contribution is 2.20. The van der Waals surface area contributed by atoms with Gasteiger partial charge in [0.1, 0.15) is 0 Å². The summed E-state index contributed by atoms with van der Waals surface area (Å²) < 4.78 is 1.80. The van der Waals surface area contributed by atoms with Crippen LogP contribution < -0.4 is 10.6 Å². The van der Waals surface area contributed by atoms with Crippen molar-refractivity contribution >= 4 is 34.9 Å². The summed E-state index contributed by atoms with van der Waals surface area (Å²) in [5, 5.41) is 19.2. The molecule has 0 aliphatic rings. The Kier molecular flexibility index (Phi) is 6.23. The first-order chi connectivity index (χ1) is 15.4. The van der Waals surface area contributed by atoms with Crippen LogP contribution in [0.3, 0.4) is 0 Å². The van der Waals surface area contributed by atoms with Crippen LogP contribution >= 0.6 is 11.8 Å². The van der Waals surface area contributed by atoms with E-state index in [1.54, 1.807) is 16.4 Å². The van der Waals surface area contributed by atoms with Gasteiger partial charge in [-0.1, -0.05) is 0 Å². The summed E-state index contributed by atoms with van der Waals surface area (Å²) >= 11 is 1.64. The van der Waals surface area contributed by atoms with Crippen LogP contribution in [0.1, 0.15) is 27.3 Å². The second-order valence-electron chi connectivity index (χ2n) is 7.37. The fourth-order valence-corrected chi connectivity index (χ4v) is 3.59. The second kappa shape index (κ2) is 9.23. The predicted octanol–water partition coefficient (Wildman–Crippen LogP) is 5.31. The molecule has 2 aromatic heterocycles. The molecule has 1 amide bonds. The number of nitrogens with one attached hydrogen (secondary N) is 2. The lowest BCUT2D eigenvalue weighted by atomic mass is 10.2. The van der Waals surface area contributed by atoms with Gasteiger partial charge in [-0.25, -0.2) is 4.68 Å². The first-order valence-electron chi connectivity index (χ1n) is 10.1. The Morgan fingerprint density at radius 1 is 0.875 bits per heavy atom. The van der Waals surface area contributed by atoms with Crippen molar-refractivity contribution in [2.75, 3.05) is 16.9 Å². The third-order valence-corrected chi connectivity index (χ3v) is 6.03. The van der Waals surface area contributed by atoms with Crippen molar-refractivity contribution in [1.82, 2.24) is 20.0 Å². The van der Waals surface area contributed by atoms with E-state index in [0.29, 0.717) is 17.2 Å². The third kappa shape index (κ3) is 4.65. The van der Waals surface area contributed by atoms with Crippen molar-refractivity contribution in [3.63, 3.8) is 0 Å². The number of hydrogen-bond donors (Lipinski definition) is 2. The Balaban J connectivity index is 1.40. The molecule has 0 aliphatic carbocycles. The first-order valence-corrected chi connectivity index (χ1v) is 11.4. The maximum absolute atomic E-state index is 12.4. The van der Waals surface area contributed by atoms with Gasteiger partial charge >= 0.3 is 0 Å². The molecule has 4 rings (SSSR count). The van der Waals surface area contributed by atoms with Gasteiger partial charge < -0.3 is 10.6 Å². The predicted molar refractivity (Wildman–Crippen MR) is 129 cm³/mol. The Hall–Kier alpha value is -3.65. The van der Waals surface area contributed by atoms with Crippen molar-refractivity contribution in [2.24, 2.45) is 0 Å². The number of anilines is 3. The van der Waals surface area contributed by atoms with Crippen LogP contribution in [-0.4, -0.2) is 32.1 Å². The highest BCUT2D eigenvalue weighted by Gasteiger charge is 2.11. The normalized spacial score (nSPS) is 10.8. The molecule has 0 aliphatic heterocycles. The van der Waals surface area contributed by atoms with Crippen LogP contribution in [0.15, 0.2) is 65.6 Å². The monoisotopic (exact) mass is 444 g/mol. The number of benzene rings is 2. The van der Waals surface area contributed by atoms with Crippen molar-refractivity contribution < 1.29 is 4.79 Å². The number of rotatable bonds is 6. The van der Waals surface area contributed by atoms with E-state index in [9.17, 15) is 4.79 Å². The van der Waals surface area contributed by atoms with E-state index in [4.69, 9.17) is 0 Å². The molecule has 2 N–H and O–H groups in total. The largest absolute Gasteiger partial charge is 0.339 e. The Morgan fingerprint density at radius 3 is 2.12 bits per heavy atom. The number of amides is 1. The highest BCUT2D eigenvalue weighted by atomic mass is 32.2. The van der Waals surface area contributed by atoms with Gasteiger partial charge in [0, 0.05) is 27.5 Å². The molecule has 7 nitrogen and oxygen atoms in total. The lowest BCUT2D eigenvalue weighted by Crippen LogP contribution is -2.11. The van der Waals surface area contributed by atoms with Crippen molar-refractivity contribution in [3.8, 4) is 5.82 Å². The number of carbonyl (C=O) groups excluding carboxylic acids is 1. The number of hydrogen-bond acceptors (Lipinski definition) is 6. The summed E-state index contributed by atoms with van der Waals surface area (Å²) in [6.45, 7) is 6.04. The van der Waals surface area contributed by atoms with Gasteiger partial charge in [-0.15, -0.1) is 22.0 Å². The average Bonchev–Trinajstić information content (AvgIpc) is 3.08. The first kappa shape index (κ1) is 21.6. The van der Waals surface area contributed by atoms with Crippen LogP contribution in [0.4, 0.5) is 17.2 Å². The molecular formula is C24H24N6OS. The summed E-state index contributed by atoms with van der Waals surface area (Å²) in [4.78, 5) is 13.5. The topological polar surface area (TPSA) is 84.7 Å². The SMILES string of the molecule is CSc1ccc(C(=O)Nc2ccc(Nc3ccc(-n4nc(C)c(C)c4C)nn3)cc2)cc1. The molecule has 32 heavy (non-hydrogen) atoms. The Labute approximate surface area is 191 Å². The molecule has 8 heteroatoms. The zero-order chi connectivity index (χ0) is 22.7. The quantitative estimate of drug-likeness (QED) is 0.392. The van der Waals surface area contributed by atoms with E-state index in [2.05, 4.69) is 25.9 Å². The van der Waals surface area contributed by atoms with Gasteiger partial charge in [0.05, 0.1) is 5.69 Å². The lowest BCUT2D eigenvalue weighted by molar-refractivity contribution is 0.102. The molecule has 0 fully saturated rings. The minimum absolute atomic E-state index is 0.140. The maximum atomic E-state index is 12.4. The van der Waals surface area contributed by atoms with E-state index in [1.807, 2.05) is 87.7 Å². The number of carbonyl (C=O) groups is 1. The number of aryl methyl sites for hydroxylation is 1. The van der Waals surface area contributed by atoms with Gasteiger partial charge in [0.2, 0.25) is 0 Å². The zero-order valence-corrected chi connectivity index (χ0v) is 19.2. The van der Waals surface area contributed by atoms with Crippen molar-refractivity contribution in [1.29, 1.82) is 0 Å². The molecule has 0 atom stereocenters. The molecule has 4 aromatic rings. The van der Waals surface area contributed by atoms with E-state index in [0.717, 1.165) is 33.2 Å². The maximum Gasteiger partial charge on any atom is 0.255 e. The van der Waals surface area contributed by atoms with E-state index < -0.39 is 0 Å². The van der Waals surface area contributed by atoms with Gasteiger partial charge in [-0.3, -0.25) is 4.79 Å². The summed E-state index contributed by atoms with van der Waals surface area (Å²) in [6.07, 6.45) is 2.01. The van der Waals surface area contributed by atoms with Crippen LogP contribution in [0.25, 0.3) is 5.82 Å². The minimum atomic E-state index is -0.140. The van der Waals surface area contributed by atoms with Crippen LogP contribution in [0.5, 0.6) is 0 Å². The van der Waals surface area contributed by atoms with E-state index in [1.165, 1.54) is 0 Å². The molecule has 0 saturated heterocycles. The number of thioether (sulfide) groups is 1. The minimum Gasteiger partial charge on any atom is -0.339 e. The van der Waals surface area contributed by atoms with Gasteiger partial charge in [-0.05, 0) is 93.3 Å². The Bertz CT molecular complexity index is 1230. The molecule has 0 unspecified atom stereocenters. The summed E-state index contributed by atoms with van der Waals surface area (Å²) in [5.74, 6) is 1.16. The lowest BCUT2D eigenvalue weighted by Gasteiger charge is -2.09. The fraction of sp³-hybridized carbons (Fsp3) is 0.167. The zero-order valence-electron chi connectivity index (χ0n) is 18.4. The molecule has 162 valence electrons. The third-order valence-electron chi connectivity index (χ3n) is 5.29. The average molecular weight is 445 g/mol. The van der Waals surface area contributed by atoms with Gasteiger partial charge in [0.15, 0.2) is 11.6 Å². The van der Waals surface area contributed by atoms with Crippen LogP contribution in [0, 0.1) is 20.8 Å². The second-order valence-corrected chi connectivity index (χ2v) is 8.25. The van der Waals surface area contributed by atoms with Crippen LogP contribution in [-0.2, 0) is 0 Å². The van der Waals surface area contributed by atoms with E-state index in [-0.39, 0.29) is 5.91 Å². The molecule has 2 aromatic carbocycles. The Morgan fingerprint density at radius 2 is 1.56 bits per heavy atom. The molecule has 0 saturated carbocycles. The molecular weight excluding hydrogens is 420 g/mol. The smallest absolute Gasteiger partial charge is 0.255 e. The summed E-state index contributed by atoms with van der Waals surface area (Å²) in [5.41, 5.74) is 5.37. The highest BCUT2D eigenvalue weighted by molar-refractivity contribution is 7.98. The summed E-state index contributed by atoms with van der Waals surface area (Å²) in [6, 6.07) is 18.7. The standard InChI is InChI=1S/C24H24N6OS/c1-15-16(2)29-30(17(15)3)23-14-13-22(27-28-23)25-19-7-9-20(10-8-19)26-24(31)18-5-11-21(32-4)12-6-18/h5-14H,1-4H3,(H,25,27)(H,26,31). The number of nitrogens with zero attached hydrogens (tertiary/aromatic N) is 4. The fourth-order valence-electron chi connectivity index (χ4n) is 3.18. The molecule has 0 spiro atoms. The number of aromatic nitrogens is 4. The van der Waals surface area contributed by atoms with Crippen molar-refractivity contribution in [2.45, 2.75) is 25.7 Å².